The van der Waals surface area contributed by atoms with E-state index in [1.165, 1.54) is 6.20 Å². The summed E-state index contributed by atoms with van der Waals surface area (Å²) >= 11 is 2.06. The van der Waals surface area contributed by atoms with Crippen LogP contribution in [0.3, 0.4) is 0 Å². The molecule has 0 aromatic carbocycles. The Morgan fingerprint density at radius 1 is 1.55 bits per heavy atom. The third-order valence-electron chi connectivity index (χ3n) is 2.45. The summed E-state index contributed by atoms with van der Waals surface area (Å²) in [6, 6.07) is 0. The molecule has 0 spiro atoms. The number of fused-ring (bicyclic) bond motifs is 1. The molecule has 0 bridgehead atoms. The van der Waals surface area contributed by atoms with Gasteiger partial charge in [-0.3, -0.25) is 15.3 Å². The van der Waals surface area contributed by atoms with Crippen LogP contribution in [0.25, 0.3) is 0 Å². The number of H-pyrrole nitrogens is 1. The normalized spacial score (nSPS) is 15.4. The van der Waals surface area contributed by atoms with Crippen molar-refractivity contribution in [3.05, 3.63) is 22.0 Å². The van der Waals surface area contributed by atoms with Crippen molar-refractivity contribution in [3.8, 4) is 0 Å². The predicted molar refractivity (Wildman–Crippen MR) is 67.9 cm³/mol. The first kappa shape index (κ1) is 13.3. The average molecular weight is 316 g/mol. The van der Waals surface area contributed by atoms with Crippen molar-refractivity contribution in [2.45, 2.75) is 16.0 Å². The molecular weight excluding hydrogens is 308 g/mol. The van der Waals surface area contributed by atoms with Crippen LogP contribution >= 0.6 is 23.1 Å². The van der Waals surface area contributed by atoms with Gasteiger partial charge in [0.05, 0.1) is 17.2 Å². The molecule has 3 N–H and O–H groups in total. The molecule has 1 aliphatic heterocycles. The van der Waals surface area contributed by atoms with Crippen LogP contribution in [0.5, 0.6) is 0 Å². The summed E-state index contributed by atoms with van der Waals surface area (Å²) in [6.07, 6.45) is 1.18. The number of imidazole rings is 1. The zero-order chi connectivity index (χ0) is 14.3. The molecule has 106 valence electrons. The number of aromatic nitrogens is 3. The number of aromatic amines is 1. The first-order valence-corrected chi connectivity index (χ1v) is 6.93. The molecule has 12 heteroatoms. The third kappa shape index (κ3) is 2.46. The first-order chi connectivity index (χ1) is 9.52. The van der Waals surface area contributed by atoms with E-state index in [-0.39, 0.29) is 18.2 Å². The maximum Gasteiger partial charge on any atom is 0.344 e. The molecule has 20 heavy (non-hydrogen) atoms. The van der Waals surface area contributed by atoms with Gasteiger partial charge < -0.3 is 10.2 Å². The van der Waals surface area contributed by atoms with E-state index in [9.17, 15) is 20.5 Å². The highest BCUT2D eigenvalue weighted by Gasteiger charge is 2.25. The van der Waals surface area contributed by atoms with Gasteiger partial charge >= 0.3 is 5.00 Å². The van der Waals surface area contributed by atoms with Crippen LogP contribution in [0.1, 0.15) is 5.69 Å². The number of nitro groups is 1. The summed E-state index contributed by atoms with van der Waals surface area (Å²) in [6.45, 7) is 0.142. The summed E-state index contributed by atoms with van der Waals surface area (Å²) in [5, 5.41) is 31.7. The predicted octanol–water partition coefficient (Wildman–Crippen LogP) is 1.28. The van der Waals surface area contributed by atoms with Crippen LogP contribution in [0.4, 0.5) is 10.8 Å². The summed E-state index contributed by atoms with van der Waals surface area (Å²) < 4.78 is 0.466. The van der Waals surface area contributed by atoms with Crippen molar-refractivity contribution < 1.29 is 15.3 Å². The topological polar surface area (TPSA) is 132 Å². The minimum Gasteiger partial charge on any atom is -0.333 e. The second kappa shape index (κ2) is 4.99. The molecule has 1 aliphatic rings. The van der Waals surface area contributed by atoms with E-state index in [1.54, 1.807) is 0 Å². The largest absolute Gasteiger partial charge is 0.344 e. The van der Waals surface area contributed by atoms with E-state index < -0.39 is 4.92 Å². The van der Waals surface area contributed by atoms with Crippen molar-refractivity contribution in [2.75, 3.05) is 11.7 Å². The molecule has 0 amide bonds. The summed E-state index contributed by atoms with van der Waals surface area (Å²) in [5.41, 5.74) is 0.551. The lowest BCUT2D eigenvalue weighted by molar-refractivity contribution is -0.380. The maximum atomic E-state index is 10.6. The van der Waals surface area contributed by atoms with Crippen LogP contribution in [-0.4, -0.2) is 42.0 Å². The molecular formula is C8H8N6O4S2. The van der Waals surface area contributed by atoms with Crippen molar-refractivity contribution in [1.29, 1.82) is 0 Å². The van der Waals surface area contributed by atoms with E-state index >= 15 is 0 Å². The van der Waals surface area contributed by atoms with Crippen molar-refractivity contribution in [2.24, 2.45) is 0 Å². The quantitative estimate of drug-likeness (QED) is 0.565. The second-order valence-corrected chi connectivity index (χ2v) is 6.12. The smallest absolute Gasteiger partial charge is 0.333 e. The number of hydroxylamine groups is 3. The molecule has 3 heterocycles. The molecule has 2 aromatic rings. The van der Waals surface area contributed by atoms with E-state index in [4.69, 9.17) is 0 Å². The third-order valence-corrected chi connectivity index (χ3v) is 4.36. The lowest BCUT2D eigenvalue weighted by Gasteiger charge is -2.26. The van der Waals surface area contributed by atoms with Crippen LogP contribution in [0.15, 0.2) is 15.7 Å². The van der Waals surface area contributed by atoms with Crippen LogP contribution in [0.2, 0.25) is 0 Å². The minimum absolute atomic E-state index is 0.0471. The zero-order valence-electron chi connectivity index (χ0n) is 9.76. The van der Waals surface area contributed by atoms with Gasteiger partial charge in [0.1, 0.15) is 12.9 Å². The molecule has 0 unspecified atom stereocenters. The molecule has 3 rings (SSSR count). The molecule has 2 aromatic heterocycles. The van der Waals surface area contributed by atoms with E-state index in [2.05, 4.69) is 15.0 Å². The van der Waals surface area contributed by atoms with Gasteiger partial charge in [-0.15, -0.1) is 0 Å². The van der Waals surface area contributed by atoms with E-state index in [0.717, 1.165) is 33.2 Å². The lowest BCUT2D eigenvalue weighted by Crippen LogP contribution is -2.38. The van der Waals surface area contributed by atoms with Crippen LogP contribution in [0, 0.1) is 10.1 Å². The maximum absolute atomic E-state index is 10.6. The number of hydrogen-bond acceptors (Lipinski definition) is 10. The molecule has 0 aliphatic carbocycles. The number of anilines is 1. The Bertz CT molecular complexity index is 657. The van der Waals surface area contributed by atoms with Gasteiger partial charge in [-0.2, -0.15) is 5.06 Å². The average Bonchev–Trinajstić information content (AvgIpc) is 2.96. The lowest BCUT2D eigenvalue weighted by atomic mass is 10.4. The van der Waals surface area contributed by atoms with Crippen molar-refractivity contribution in [3.63, 3.8) is 0 Å². The fourth-order valence-corrected chi connectivity index (χ4v) is 3.37. The highest BCUT2D eigenvalue weighted by atomic mass is 32.2. The molecule has 0 saturated heterocycles. The Kier molecular flexibility index (Phi) is 3.31. The number of rotatable bonds is 3. The van der Waals surface area contributed by atoms with Crippen molar-refractivity contribution >= 4 is 33.9 Å². The van der Waals surface area contributed by atoms with Crippen molar-refractivity contribution in [1.82, 2.24) is 20.0 Å². The Hall–Kier alpha value is -1.73. The van der Waals surface area contributed by atoms with Gasteiger partial charge in [-0.05, 0) is 23.1 Å². The first-order valence-electron chi connectivity index (χ1n) is 5.30. The Balaban J connectivity index is 1.81. The van der Waals surface area contributed by atoms with Gasteiger partial charge in [-0.1, -0.05) is 0 Å². The Labute approximate surface area is 119 Å². The summed E-state index contributed by atoms with van der Waals surface area (Å²) in [5.74, 6) is 0.323. The monoisotopic (exact) mass is 316 g/mol. The number of nitrogens with zero attached hydrogens (tertiary/aromatic N) is 5. The molecule has 0 fully saturated rings. The minimum atomic E-state index is -0.506. The fourth-order valence-electron chi connectivity index (χ4n) is 1.67. The number of hydrogen-bond donors (Lipinski definition) is 3. The van der Waals surface area contributed by atoms with Crippen LogP contribution in [-0.2, 0) is 6.54 Å². The van der Waals surface area contributed by atoms with E-state index in [1.807, 2.05) is 0 Å². The van der Waals surface area contributed by atoms with Gasteiger partial charge in [0.2, 0.25) is 0 Å². The highest BCUT2D eigenvalue weighted by Crippen LogP contribution is 2.35. The second-order valence-electron chi connectivity index (χ2n) is 3.87. The number of nitrogens with one attached hydrogen (secondary N) is 1. The fraction of sp³-hybridized carbons (Fsp3) is 0.250. The Morgan fingerprint density at radius 2 is 2.35 bits per heavy atom. The van der Waals surface area contributed by atoms with Gasteiger partial charge in [0.25, 0.3) is 0 Å². The number of thiazole rings is 1. The highest BCUT2D eigenvalue weighted by molar-refractivity contribution is 8.00. The molecule has 0 saturated carbocycles. The van der Waals surface area contributed by atoms with Gasteiger partial charge in [0.15, 0.2) is 15.3 Å². The molecule has 10 nitrogen and oxygen atoms in total. The van der Waals surface area contributed by atoms with Gasteiger partial charge in [-0.25, -0.2) is 15.0 Å². The standard InChI is InChI=1S/C8H8N6O4S2/c15-12-2-4-6(13(16)3-12)11-7(10-4)20-8-9-1-5(19-8)14(17)18/h1,15-16H,2-3H2,(H,10,11). The zero-order valence-corrected chi connectivity index (χ0v) is 11.4. The van der Waals surface area contributed by atoms with E-state index in [0.29, 0.717) is 21.0 Å². The molecule has 0 radical (unpaired) electrons. The molecule has 0 atom stereocenters. The van der Waals surface area contributed by atoms with Crippen LogP contribution < -0.4 is 5.06 Å². The summed E-state index contributed by atoms with van der Waals surface area (Å²) in [4.78, 5) is 21.1. The summed E-state index contributed by atoms with van der Waals surface area (Å²) in [7, 11) is 0. The SMILES string of the molecule is O=[N+]([O-])c1cnc(Sc2nc3c([nH]2)CN(O)CN3O)s1. The Morgan fingerprint density at radius 3 is 3.05 bits per heavy atom. The van der Waals surface area contributed by atoms with Gasteiger partial charge in [0, 0.05) is 0 Å².